The number of carboxylic acids is 1. The number of hydrogen-bond acceptors (Lipinski definition) is 4. The van der Waals surface area contributed by atoms with Gasteiger partial charge in [-0.25, -0.2) is 0 Å². The van der Waals surface area contributed by atoms with Gasteiger partial charge in [0.25, 0.3) is 5.91 Å². The Kier molecular flexibility index (Phi) is 6.54. The van der Waals surface area contributed by atoms with Gasteiger partial charge in [0.05, 0.1) is 18.1 Å². The van der Waals surface area contributed by atoms with Crippen molar-refractivity contribution in [3.8, 4) is 5.75 Å². The molecule has 2 amide bonds. The zero-order chi connectivity index (χ0) is 20.1. The SMILES string of the molecule is CCOc1ccccc1C(=O)NCCCC(=O)N1C[C@H](C(=O)O)[C@@H](C2CC2)C1. The van der Waals surface area contributed by atoms with Gasteiger partial charge in [0.15, 0.2) is 0 Å². The lowest BCUT2D eigenvalue weighted by molar-refractivity contribution is -0.142. The second kappa shape index (κ2) is 9.08. The van der Waals surface area contributed by atoms with Crippen molar-refractivity contribution < 1.29 is 24.2 Å². The van der Waals surface area contributed by atoms with E-state index < -0.39 is 11.9 Å². The highest BCUT2D eigenvalue weighted by Gasteiger charge is 2.46. The third kappa shape index (κ3) is 4.82. The predicted octanol–water partition coefficient (Wildman–Crippen LogP) is 2.16. The van der Waals surface area contributed by atoms with Crippen LogP contribution in [0.25, 0.3) is 0 Å². The van der Waals surface area contributed by atoms with Gasteiger partial charge in [-0.2, -0.15) is 0 Å². The van der Waals surface area contributed by atoms with Crippen LogP contribution in [-0.2, 0) is 9.59 Å². The highest BCUT2D eigenvalue weighted by Crippen LogP contribution is 2.44. The summed E-state index contributed by atoms with van der Waals surface area (Å²) in [4.78, 5) is 37.9. The van der Waals surface area contributed by atoms with E-state index in [0.717, 1.165) is 12.8 Å². The lowest BCUT2D eigenvalue weighted by Gasteiger charge is -2.16. The third-order valence-corrected chi connectivity index (χ3v) is 5.55. The molecule has 0 spiro atoms. The fourth-order valence-electron chi connectivity index (χ4n) is 3.93. The van der Waals surface area contributed by atoms with E-state index in [2.05, 4.69) is 5.32 Å². The molecule has 0 aromatic heterocycles. The Hall–Kier alpha value is -2.57. The Balaban J connectivity index is 1.43. The molecule has 2 aliphatic rings. The number of carbonyl (C=O) groups is 3. The first-order chi connectivity index (χ1) is 13.5. The van der Waals surface area contributed by atoms with Crippen molar-refractivity contribution in [3.63, 3.8) is 0 Å². The van der Waals surface area contributed by atoms with E-state index in [1.807, 2.05) is 13.0 Å². The van der Waals surface area contributed by atoms with Crippen LogP contribution in [0.3, 0.4) is 0 Å². The number of para-hydroxylation sites is 1. The minimum absolute atomic E-state index is 0.0293. The van der Waals surface area contributed by atoms with Gasteiger partial charge in [-0.05, 0) is 50.2 Å². The highest BCUT2D eigenvalue weighted by atomic mass is 16.5. The van der Waals surface area contributed by atoms with Gasteiger partial charge in [0, 0.05) is 26.1 Å². The normalized spacial score (nSPS) is 21.4. The fraction of sp³-hybridized carbons (Fsp3) is 0.571. The molecule has 2 N–H and O–H groups in total. The molecule has 2 atom stereocenters. The lowest BCUT2D eigenvalue weighted by atomic mass is 9.92. The first kappa shape index (κ1) is 20.2. The van der Waals surface area contributed by atoms with E-state index >= 15 is 0 Å². The summed E-state index contributed by atoms with van der Waals surface area (Å²) < 4.78 is 5.46. The van der Waals surface area contributed by atoms with E-state index in [1.165, 1.54) is 0 Å². The Bertz CT molecular complexity index is 731. The molecule has 1 aromatic carbocycles. The van der Waals surface area contributed by atoms with E-state index in [9.17, 15) is 19.5 Å². The zero-order valence-electron chi connectivity index (χ0n) is 16.2. The number of hydrogen-bond donors (Lipinski definition) is 2. The van der Waals surface area contributed by atoms with Gasteiger partial charge >= 0.3 is 5.97 Å². The summed E-state index contributed by atoms with van der Waals surface area (Å²) in [5.74, 6) is -0.393. The Morgan fingerprint density at radius 1 is 1.21 bits per heavy atom. The number of benzene rings is 1. The number of aliphatic carboxylic acids is 1. The number of ether oxygens (including phenoxy) is 1. The molecular formula is C21H28N2O5. The lowest BCUT2D eigenvalue weighted by Crippen LogP contribution is -2.31. The Labute approximate surface area is 165 Å². The van der Waals surface area contributed by atoms with Crippen LogP contribution in [0.15, 0.2) is 24.3 Å². The highest BCUT2D eigenvalue weighted by molar-refractivity contribution is 5.96. The molecule has 1 heterocycles. The molecule has 3 rings (SSSR count). The van der Waals surface area contributed by atoms with Gasteiger partial charge in [-0.1, -0.05) is 12.1 Å². The van der Waals surface area contributed by atoms with Gasteiger partial charge in [-0.3, -0.25) is 14.4 Å². The molecule has 1 aliphatic carbocycles. The summed E-state index contributed by atoms with van der Waals surface area (Å²) in [6, 6.07) is 7.06. The van der Waals surface area contributed by atoms with Crippen LogP contribution < -0.4 is 10.1 Å². The summed E-state index contributed by atoms with van der Waals surface area (Å²) in [7, 11) is 0. The smallest absolute Gasteiger partial charge is 0.308 e. The van der Waals surface area contributed by atoms with Crippen LogP contribution >= 0.6 is 0 Å². The molecule has 1 aliphatic heterocycles. The van der Waals surface area contributed by atoms with Crippen LogP contribution in [0.5, 0.6) is 5.75 Å². The number of carboxylic acid groups (broad SMARTS) is 1. The van der Waals surface area contributed by atoms with Crippen molar-refractivity contribution in [2.75, 3.05) is 26.2 Å². The van der Waals surface area contributed by atoms with E-state index in [1.54, 1.807) is 23.1 Å². The van der Waals surface area contributed by atoms with Crippen molar-refractivity contribution in [2.24, 2.45) is 17.8 Å². The van der Waals surface area contributed by atoms with Crippen LogP contribution in [0.2, 0.25) is 0 Å². The molecule has 0 unspecified atom stereocenters. The standard InChI is InChI=1S/C21H28N2O5/c1-2-28-18-7-4-3-6-15(18)20(25)22-11-5-8-19(24)23-12-16(14-9-10-14)17(13-23)21(26)27/h3-4,6-7,14,16-17H,2,5,8-13H2,1H3,(H,22,25)(H,26,27)/t16-,17+/m1/s1. The fourth-order valence-corrected chi connectivity index (χ4v) is 3.93. The zero-order valence-corrected chi connectivity index (χ0v) is 16.2. The third-order valence-electron chi connectivity index (χ3n) is 5.55. The van der Waals surface area contributed by atoms with Gasteiger partial charge in [0.2, 0.25) is 5.91 Å². The van der Waals surface area contributed by atoms with Crippen LogP contribution in [0, 0.1) is 17.8 Å². The van der Waals surface area contributed by atoms with Crippen molar-refractivity contribution in [3.05, 3.63) is 29.8 Å². The summed E-state index contributed by atoms with van der Waals surface area (Å²) >= 11 is 0. The molecule has 7 nitrogen and oxygen atoms in total. The minimum Gasteiger partial charge on any atom is -0.493 e. The van der Waals surface area contributed by atoms with Crippen molar-refractivity contribution in [1.82, 2.24) is 10.2 Å². The second-order valence-corrected chi connectivity index (χ2v) is 7.53. The quantitative estimate of drug-likeness (QED) is 0.632. The van der Waals surface area contributed by atoms with Crippen LogP contribution in [0.1, 0.15) is 43.0 Å². The average Bonchev–Trinajstić information content (AvgIpc) is 3.43. The number of nitrogens with zero attached hydrogens (tertiary/aromatic N) is 1. The van der Waals surface area contributed by atoms with Crippen molar-refractivity contribution >= 4 is 17.8 Å². The van der Waals surface area contributed by atoms with E-state index in [4.69, 9.17) is 4.74 Å². The maximum atomic E-state index is 12.5. The summed E-state index contributed by atoms with van der Waals surface area (Å²) in [6.07, 6.45) is 2.97. The molecule has 7 heteroatoms. The van der Waals surface area contributed by atoms with Gasteiger partial charge in [-0.15, -0.1) is 0 Å². The van der Waals surface area contributed by atoms with E-state index in [-0.39, 0.29) is 17.7 Å². The number of rotatable bonds is 9. The Morgan fingerprint density at radius 2 is 1.96 bits per heavy atom. The first-order valence-electron chi connectivity index (χ1n) is 10.0. The average molecular weight is 388 g/mol. The van der Waals surface area contributed by atoms with Crippen LogP contribution in [0.4, 0.5) is 0 Å². The molecule has 152 valence electrons. The predicted molar refractivity (Wildman–Crippen MR) is 103 cm³/mol. The molecule has 0 bridgehead atoms. The maximum Gasteiger partial charge on any atom is 0.308 e. The molecule has 0 radical (unpaired) electrons. The first-order valence-corrected chi connectivity index (χ1v) is 10.0. The summed E-state index contributed by atoms with van der Waals surface area (Å²) in [6.45, 7) is 3.58. The molecule has 1 saturated carbocycles. The molecule has 1 saturated heterocycles. The van der Waals surface area contributed by atoms with Gasteiger partial charge in [0.1, 0.15) is 5.75 Å². The Morgan fingerprint density at radius 3 is 2.64 bits per heavy atom. The summed E-state index contributed by atoms with van der Waals surface area (Å²) in [5, 5.41) is 12.2. The molecule has 28 heavy (non-hydrogen) atoms. The minimum atomic E-state index is -0.799. The largest absolute Gasteiger partial charge is 0.493 e. The number of carbonyl (C=O) groups excluding carboxylic acids is 2. The summed E-state index contributed by atoms with van der Waals surface area (Å²) in [5.41, 5.74) is 0.479. The van der Waals surface area contributed by atoms with Crippen molar-refractivity contribution in [2.45, 2.75) is 32.6 Å². The molecular weight excluding hydrogens is 360 g/mol. The second-order valence-electron chi connectivity index (χ2n) is 7.53. The van der Waals surface area contributed by atoms with E-state index in [0.29, 0.717) is 56.3 Å². The molecule has 1 aromatic rings. The van der Waals surface area contributed by atoms with Crippen molar-refractivity contribution in [1.29, 1.82) is 0 Å². The number of amides is 2. The topological polar surface area (TPSA) is 95.9 Å². The maximum absolute atomic E-state index is 12.5. The number of nitrogens with one attached hydrogen (secondary N) is 1. The van der Waals surface area contributed by atoms with Gasteiger partial charge < -0.3 is 20.1 Å². The number of likely N-dealkylation sites (tertiary alicyclic amines) is 1. The monoisotopic (exact) mass is 388 g/mol. The molecule has 2 fully saturated rings. The van der Waals surface area contributed by atoms with Crippen LogP contribution in [-0.4, -0.2) is 54.0 Å².